The van der Waals surface area contributed by atoms with Gasteiger partial charge >= 0.3 is 0 Å². The van der Waals surface area contributed by atoms with E-state index in [1.54, 1.807) is 24.3 Å². The Morgan fingerprint density at radius 3 is 2.61 bits per heavy atom. The van der Waals surface area contributed by atoms with Gasteiger partial charge in [-0.25, -0.2) is 0 Å². The van der Waals surface area contributed by atoms with Gasteiger partial charge < -0.3 is 4.90 Å². The molecule has 2 rings (SSSR count). The Kier molecular flexibility index (Phi) is 4.38. The van der Waals surface area contributed by atoms with E-state index in [2.05, 4.69) is 23.8 Å². The molecule has 1 unspecified atom stereocenters. The van der Waals surface area contributed by atoms with Gasteiger partial charge in [-0.1, -0.05) is 11.6 Å². The van der Waals surface area contributed by atoms with Gasteiger partial charge in [0, 0.05) is 36.3 Å². The molecular formula is C14H19ClN2O. The Labute approximate surface area is 113 Å². The van der Waals surface area contributed by atoms with Crippen LogP contribution < -0.4 is 0 Å². The van der Waals surface area contributed by atoms with Crippen LogP contribution >= 0.6 is 11.6 Å². The Bertz CT molecular complexity index is 418. The lowest BCUT2D eigenvalue weighted by Gasteiger charge is -2.37. The van der Waals surface area contributed by atoms with Gasteiger partial charge in [-0.3, -0.25) is 9.69 Å². The maximum Gasteiger partial charge on any atom is 0.176 e. The number of halogens is 1. The molecule has 98 valence electrons. The lowest BCUT2D eigenvalue weighted by Crippen LogP contribution is -2.51. The van der Waals surface area contributed by atoms with E-state index in [0.29, 0.717) is 17.6 Å². The van der Waals surface area contributed by atoms with Gasteiger partial charge in [0.1, 0.15) is 0 Å². The molecule has 1 aliphatic heterocycles. The molecule has 1 aliphatic rings. The highest BCUT2D eigenvalue weighted by Crippen LogP contribution is 2.12. The molecular weight excluding hydrogens is 248 g/mol. The standard InChI is InChI=1S/C14H19ClN2O/c1-11-9-17(8-7-16(11)2)10-14(18)12-3-5-13(15)6-4-12/h3-6,11H,7-10H2,1-2H3. The van der Waals surface area contributed by atoms with Crippen LogP contribution in [0, 0.1) is 0 Å². The van der Waals surface area contributed by atoms with E-state index in [-0.39, 0.29) is 5.78 Å². The number of piperazine rings is 1. The topological polar surface area (TPSA) is 23.6 Å². The molecule has 1 aromatic carbocycles. The summed E-state index contributed by atoms with van der Waals surface area (Å²) in [4.78, 5) is 16.7. The van der Waals surface area contributed by atoms with Crippen molar-refractivity contribution in [1.29, 1.82) is 0 Å². The molecule has 1 fully saturated rings. The van der Waals surface area contributed by atoms with Crippen LogP contribution in [-0.4, -0.2) is 54.9 Å². The van der Waals surface area contributed by atoms with Crippen LogP contribution in [0.5, 0.6) is 0 Å². The summed E-state index contributed by atoms with van der Waals surface area (Å²) < 4.78 is 0. The molecule has 1 saturated heterocycles. The number of ketones is 1. The van der Waals surface area contributed by atoms with Crippen molar-refractivity contribution in [2.24, 2.45) is 0 Å². The Hall–Kier alpha value is -0.900. The third kappa shape index (κ3) is 3.31. The average molecular weight is 267 g/mol. The van der Waals surface area contributed by atoms with Crippen molar-refractivity contribution in [3.8, 4) is 0 Å². The summed E-state index contributed by atoms with van der Waals surface area (Å²) in [6.45, 7) is 5.63. The zero-order valence-corrected chi connectivity index (χ0v) is 11.7. The van der Waals surface area contributed by atoms with E-state index in [0.717, 1.165) is 25.2 Å². The summed E-state index contributed by atoms with van der Waals surface area (Å²) in [6, 6.07) is 7.63. The molecule has 0 radical (unpaired) electrons. The number of hydrogen-bond donors (Lipinski definition) is 0. The summed E-state index contributed by atoms with van der Waals surface area (Å²) in [5.74, 6) is 0.170. The molecule has 4 heteroatoms. The molecule has 0 spiro atoms. The van der Waals surface area contributed by atoms with Crippen LogP contribution in [0.1, 0.15) is 17.3 Å². The fraction of sp³-hybridized carbons (Fsp3) is 0.500. The summed E-state index contributed by atoms with van der Waals surface area (Å²) >= 11 is 5.82. The number of carbonyl (C=O) groups excluding carboxylic acids is 1. The van der Waals surface area contributed by atoms with Crippen molar-refractivity contribution in [3.63, 3.8) is 0 Å². The van der Waals surface area contributed by atoms with Crippen LogP contribution in [0.3, 0.4) is 0 Å². The highest BCUT2D eigenvalue weighted by molar-refractivity contribution is 6.30. The Morgan fingerprint density at radius 1 is 1.33 bits per heavy atom. The van der Waals surface area contributed by atoms with Crippen molar-refractivity contribution in [3.05, 3.63) is 34.9 Å². The van der Waals surface area contributed by atoms with E-state index in [4.69, 9.17) is 11.6 Å². The first-order chi connectivity index (χ1) is 8.56. The predicted octanol–water partition coefficient (Wildman–Crippen LogP) is 2.16. The maximum atomic E-state index is 12.1. The molecule has 0 bridgehead atoms. The number of rotatable bonds is 3. The lowest BCUT2D eigenvalue weighted by molar-refractivity contribution is 0.0786. The van der Waals surface area contributed by atoms with Crippen LogP contribution in [0.25, 0.3) is 0 Å². The van der Waals surface area contributed by atoms with Gasteiger partial charge in [-0.15, -0.1) is 0 Å². The van der Waals surface area contributed by atoms with Gasteiger partial charge in [0.2, 0.25) is 0 Å². The van der Waals surface area contributed by atoms with E-state index in [1.807, 2.05) is 0 Å². The second kappa shape index (κ2) is 5.83. The Balaban J connectivity index is 1.93. The first-order valence-electron chi connectivity index (χ1n) is 6.27. The number of benzene rings is 1. The molecule has 0 aliphatic carbocycles. The number of nitrogens with zero attached hydrogens (tertiary/aromatic N) is 2. The highest BCUT2D eigenvalue weighted by Gasteiger charge is 2.22. The number of likely N-dealkylation sites (N-methyl/N-ethyl adjacent to an activating group) is 1. The first-order valence-corrected chi connectivity index (χ1v) is 6.65. The molecule has 1 atom stereocenters. The summed E-state index contributed by atoms with van der Waals surface area (Å²) in [6.07, 6.45) is 0. The van der Waals surface area contributed by atoms with Gasteiger partial charge in [-0.2, -0.15) is 0 Å². The van der Waals surface area contributed by atoms with Crippen LogP contribution in [0.2, 0.25) is 5.02 Å². The second-order valence-corrected chi connectivity index (χ2v) is 5.43. The van der Waals surface area contributed by atoms with E-state index in [9.17, 15) is 4.79 Å². The third-order valence-electron chi connectivity index (χ3n) is 3.58. The molecule has 1 heterocycles. The Morgan fingerprint density at radius 2 is 2.00 bits per heavy atom. The minimum atomic E-state index is 0.170. The van der Waals surface area contributed by atoms with Crippen molar-refractivity contribution >= 4 is 17.4 Å². The van der Waals surface area contributed by atoms with Crippen molar-refractivity contribution in [2.45, 2.75) is 13.0 Å². The maximum absolute atomic E-state index is 12.1. The molecule has 0 amide bonds. The van der Waals surface area contributed by atoms with Crippen LogP contribution in [0.15, 0.2) is 24.3 Å². The van der Waals surface area contributed by atoms with E-state index < -0.39 is 0 Å². The number of carbonyl (C=O) groups is 1. The fourth-order valence-corrected chi connectivity index (χ4v) is 2.32. The predicted molar refractivity (Wildman–Crippen MR) is 74.3 cm³/mol. The number of Topliss-reactive ketones (excluding diaryl/α,β-unsaturated/α-hetero) is 1. The third-order valence-corrected chi connectivity index (χ3v) is 3.83. The van der Waals surface area contributed by atoms with Gasteiger partial charge in [0.15, 0.2) is 5.78 Å². The first kappa shape index (κ1) is 13.5. The fourth-order valence-electron chi connectivity index (χ4n) is 2.20. The summed E-state index contributed by atoms with van der Waals surface area (Å²) in [5, 5.41) is 0.666. The number of hydrogen-bond acceptors (Lipinski definition) is 3. The average Bonchev–Trinajstić information content (AvgIpc) is 2.34. The summed E-state index contributed by atoms with van der Waals surface area (Å²) in [5.41, 5.74) is 0.742. The second-order valence-electron chi connectivity index (χ2n) is 4.99. The van der Waals surface area contributed by atoms with Crippen LogP contribution in [0.4, 0.5) is 0 Å². The molecule has 3 nitrogen and oxygen atoms in total. The lowest BCUT2D eigenvalue weighted by atomic mass is 10.1. The zero-order valence-electron chi connectivity index (χ0n) is 10.9. The van der Waals surface area contributed by atoms with Crippen LogP contribution in [-0.2, 0) is 0 Å². The smallest absolute Gasteiger partial charge is 0.176 e. The van der Waals surface area contributed by atoms with Crippen molar-refractivity contribution < 1.29 is 4.79 Å². The van der Waals surface area contributed by atoms with E-state index in [1.165, 1.54) is 0 Å². The SMILES string of the molecule is CC1CN(CC(=O)c2ccc(Cl)cc2)CCN1C. The monoisotopic (exact) mass is 266 g/mol. The molecule has 18 heavy (non-hydrogen) atoms. The van der Waals surface area contributed by atoms with Gasteiger partial charge in [0.05, 0.1) is 6.54 Å². The van der Waals surface area contributed by atoms with Crippen molar-refractivity contribution in [2.75, 3.05) is 33.2 Å². The molecule has 0 aromatic heterocycles. The molecule has 1 aromatic rings. The van der Waals surface area contributed by atoms with Gasteiger partial charge in [-0.05, 0) is 38.2 Å². The normalized spacial score (nSPS) is 22.1. The van der Waals surface area contributed by atoms with Crippen molar-refractivity contribution in [1.82, 2.24) is 9.80 Å². The largest absolute Gasteiger partial charge is 0.301 e. The minimum absolute atomic E-state index is 0.170. The minimum Gasteiger partial charge on any atom is -0.301 e. The van der Waals surface area contributed by atoms with E-state index >= 15 is 0 Å². The highest BCUT2D eigenvalue weighted by atomic mass is 35.5. The van der Waals surface area contributed by atoms with Gasteiger partial charge in [0.25, 0.3) is 0 Å². The molecule has 0 N–H and O–H groups in total. The summed E-state index contributed by atoms with van der Waals surface area (Å²) in [7, 11) is 2.13. The molecule has 0 saturated carbocycles. The zero-order chi connectivity index (χ0) is 13.1. The quantitative estimate of drug-likeness (QED) is 0.784.